The zero-order valence-corrected chi connectivity index (χ0v) is 15.1. The van der Waals surface area contributed by atoms with E-state index in [2.05, 4.69) is 23.2 Å². The van der Waals surface area contributed by atoms with E-state index < -0.39 is 10.0 Å². The van der Waals surface area contributed by atoms with Gasteiger partial charge in [-0.15, -0.1) is 0 Å². The number of hydrogen-bond donors (Lipinski definition) is 1. The van der Waals surface area contributed by atoms with Crippen molar-refractivity contribution in [1.82, 2.24) is 4.98 Å². The van der Waals surface area contributed by atoms with Crippen molar-refractivity contribution in [2.24, 2.45) is 10.6 Å². The van der Waals surface area contributed by atoms with E-state index in [1.165, 1.54) is 24.0 Å². The Hall–Kier alpha value is -1.98. The standard InChI is InChI=1S/C20H22N2O2S/c1-14-2-3-17(13-22-14)18-11-20(12-18)9-8-16(10-20)15-4-6-19(7-5-15)25(21,23)24/h2-8,13,18H,9-12H2,1H3,(H2,21,23,24). The van der Waals surface area contributed by atoms with Gasteiger partial charge in [0.1, 0.15) is 0 Å². The highest BCUT2D eigenvalue weighted by Gasteiger charge is 2.46. The van der Waals surface area contributed by atoms with E-state index >= 15 is 0 Å². The van der Waals surface area contributed by atoms with Crippen LogP contribution in [-0.2, 0) is 10.0 Å². The molecular formula is C20H22N2O2S. The van der Waals surface area contributed by atoms with Crippen molar-refractivity contribution in [3.8, 4) is 0 Å². The topological polar surface area (TPSA) is 73.1 Å². The average Bonchev–Trinajstić information content (AvgIpc) is 2.99. The summed E-state index contributed by atoms with van der Waals surface area (Å²) in [6.07, 6.45) is 8.91. The number of nitrogens with zero attached hydrogens (tertiary/aromatic N) is 1. The molecule has 0 amide bonds. The summed E-state index contributed by atoms with van der Waals surface area (Å²) in [5.74, 6) is 0.616. The van der Waals surface area contributed by atoms with Gasteiger partial charge in [0.25, 0.3) is 0 Å². The molecule has 0 unspecified atom stereocenters. The normalized spacial score (nSPS) is 25.7. The van der Waals surface area contributed by atoms with Gasteiger partial charge in [0.15, 0.2) is 0 Å². The molecule has 2 N–H and O–H groups in total. The lowest BCUT2D eigenvalue weighted by atomic mass is 9.58. The van der Waals surface area contributed by atoms with Crippen molar-refractivity contribution in [2.45, 2.75) is 43.4 Å². The number of aromatic nitrogens is 1. The summed E-state index contributed by atoms with van der Waals surface area (Å²) in [5.41, 5.74) is 5.21. The lowest BCUT2D eigenvalue weighted by molar-refractivity contribution is 0.120. The van der Waals surface area contributed by atoms with Crippen LogP contribution in [0.5, 0.6) is 0 Å². The number of nitrogens with two attached hydrogens (primary N) is 1. The van der Waals surface area contributed by atoms with Crippen LogP contribution in [0.1, 0.15) is 48.4 Å². The molecule has 1 heterocycles. The molecule has 1 aromatic heterocycles. The summed E-state index contributed by atoms with van der Waals surface area (Å²) >= 11 is 0. The van der Waals surface area contributed by atoms with Crippen molar-refractivity contribution < 1.29 is 8.42 Å². The summed E-state index contributed by atoms with van der Waals surface area (Å²) in [5, 5.41) is 5.17. The average molecular weight is 354 g/mol. The predicted molar refractivity (Wildman–Crippen MR) is 98.4 cm³/mol. The first-order valence-electron chi connectivity index (χ1n) is 8.60. The van der Waals surface area contributed by atoms with Gasteiger partial charge in [-0.1, -0.05) is 24.3 Å². The van der Waals surface area contributed by atoms with Crippen LogP contribution in [0.3, 0.4) is 0 Å². The van der Waals surface area contributed by atoms with Crippen LogP contribution >= 0.6 is 0 Å². The number of aryl methyl sites for hydroxylation is 1. The first kappa shape index (κ1) is 16.5. The molecule has 1 saturated carbocycles. The highest BCUT2D eigenvalue weighted by atomic mass is 32.2. The number of primary sulfonamides is 1. The van der Waals surface area contributed by atoms with Crippen LogP contribution in [0, 0.1) is 12.3 Å². The molecule has 4 nitrogen and oxygen atoms in total. The van der Waals surface area contributed by atoms with Crippen LogP contribution in [-0.4, -0.2) is 13.4 Å². The minimum absolute atomic E-state index is 0.167. The molecule has 0 saturated heterocycles. The molecule has 0 atom stereocenters. The largest absolute Gasteiger partial charge is 0.261 e. The third-order valence-electron chi connectivity index (χ3n) is 5.67. The number of sulfonamides is 1. The van der Waals surface area contributed by atoms with Crippen LogP contribution in [0.4, 0.5) is 0 Å². The lowest BCUT2D eigenvalue weighted by Gasteiger charge is -2.46. The smallest absolute Gasteiger partial charge is 0.238 e. The van der Waals surface area contributed by atoms with Gasteiger partial charge in [0, 0.05) is 11.9 Å². The second-order valence-corrected chi connectivity index (χ2v) is 9.08. The van der Waals surface area contributed by atoms with Gasteiger partial charge in [0.2, 0.25) is 10.0 Å². The highest BCUT2D eigenvalue weighted by molar-refractivity contribution is 7.89. The SMILES string of the molecule is Cc1ccc(C2CC3(CC=C(c4ccc(S(N)(=O)=O)cc4)C3)C2)cn1. The Kier molecular flexibility index (Phi) is 3.81. The number of hydrogen-bond acceptors (Lipinski definition) is 3. The fourth-order valence-electron chi connectivity index (χ4n) is 4.22. The molecule has 5 heteroatoms. The summed E-state index contributed by atoms with van der Waals surface area (Å²) < 4.78 is 22.7. The van der Waals surface area contributed by atoms with E-state index in [-0.39, 0.29) is 4.90 Å². The third-order valence-corrected chi connectivity index (χ3v) is 6.59. The van der Waals surface area contributed by atoms with Crippen LogP contribution < -0.4 is 5.14 Å². The van der Waals surface area contributed by atoms with Gasteiger partial charge < -0.3 is 0 Å². The van der Waals surface area contributed by atoms with Gasteiger partial charge in [0.05, 0.1) is 4.90 Å². The molecule has 0 radical (unpaired) electrons. The minimum atomic E-state index is -3.63. The molecule has 1 fully saturated rings. The molecule has 1 aromatic carbocycles. The van der Waals surface area contributed by atoms with E-state index in [1.807, 2.05) is 25.3 Å². The maximum absolute atomic E-state index is 11.4. The molecule has 130 valence electrons. The molecule has 0 bridgehead atoms. The van der Waals surface area contributed by atoms with E-state index in [0.29, 0.717) is 11.3 Å². The Balaban J connectivity index is 1.43. The summed E-state index contributed by atoms with van der Waals surface area (Å²) in [7, 11) is -3.63. The zero-order valence-electron chi connectivity index (χ0n) is 14.3. The molecule has 2 aliphatic rings. The Morgan fingerprint density at radius 3 is 2.44 bits per heavy atom. The zero-order chi connectivity index (χ0) is 17.7. The Morgan fingerprint density at radius 2 is 1.84 bits per heavy atom. The first-order valence-corrected chi connectivity index (χ1v) is 10.1. The second-order valence-electron chi connectivity index (χ2n) is 7.52. The highest BCUT2D eigenvalue weighted by Crippen LogP contribution is 2.60. The van der Waals surface area contributed by atoms with Crippen molar-refractivity contribution in [3.63, 3.8) is 0 Å². The Bertz CT molecular complexity index is 923. The number of allylic oxidation sites excluding steroid dienone is 2. The fourth-order valence-corrected chi connectivity index (χ4v) is 4.74. The second kappa shape index (κ2) is 5.78. The summed E-state index contributed by atoms with van der Waals surface area (Å²) in [6.45, 7) is 2.01. The maximum Gasteiger partial charge on any atom is 0.238 e. The van der Waals surface area contributed by atoms with Gasteiger partial charge >= 0.3 is 0 Å². The van der Waals surface area contributed by atoms with Crippen molar-refractivity contribution >= 4 is 15.6 Å². The van der Waals surface area contributed by atoms with Crippen LogP contribution in [0.2, 0.25) is 0 Å². The minimum Gasteiger partial charge on any atom is -0.261 e. The van der Waals surface area contributed by atoms with Gasteiger partial charge in [-0.25, -0.2) is 13.6 Å². The Labute approximate surface area is 148 Å². The molecule has 4 rings (SSSR count). The fraction of sp³-hybridized carbons (Fsp3) is 0.350. The van der Waals surface area contributed by atoms with Crippen molar-refractivity contribution in [3.05, 3.63) is 65.5 Å². The van der Waals surface area contributed by atoms with E-state index in [9.17, 15) is 8.42 Å². The Morgan fingerprint density at radius 1 is 1.12 bits per heavy atom. The molecule has 2 aromatic rings. The maximum atomic E-state index is 11.4. The number of pyridine rings is 1. The molecule has 2 aliphatic carbocycles. The molecular weight excluding hydrogens is 332 g/mol. The molecule has 1 spiro atoms. The lowest BCUT2D eigenvalue weighted by Crippen LogP contribution is -2.33. The molecule has 25 heavy (non-hydrogen) atoms. The van der Waals surface area contributed by atoms with Crippen LogP contribution in [0.15, 0.2) is 53.6 Å². The van der Waals surface area contributed by atoms with E-state index in [4.69, 9.17) is 5.14 Å². The molecule has 0 aliphatic heterocycles. The predicted octanol–water partition coefficient (Wildman–Crippen LogP) is 3.78. The quantitative estimate of drug-likeness (QED) is 0.911. The van der Waals surface area contributed by atoms with E-state index in [0.717, 1.165) is 24.1 Å². The van der Waals surface area contributed by atoms with Gasteiger partial charge in [-0.3, -0.25) is 4.98 Å². The monoisotopic (exact) mass is 354 g/mol. The van der Waals surface area contributed by atoms with E-state index in [1.54, 1.807) is 12.1 Å². The first-order chi connectivity index (χ1) is 11.8. The van der Waals surface area contributed by atoms with Gasteiger partial charge in [-0.05, 0) is 78.8 Å². The third kappa shape index (κ3) is 3.14. The summed E-state index contributed by atoms with van der Waals surface area (Å²) in [4.78, 5) is 4.58. The summed E-state index contributed by atoms with van der Waals surface area (Å²) in [6, 6.07) is 11.2. The van der Waals surface area contributed by atoms with Crippen molar-refractivity contribution in [2.75, 3.05) is 0 Å². The number of benzene rings is 1. The van der Waals surface area contributed by atoms with Crippen molar-refractivity contribution in [1.29, 1.82) is 0 Å². The number of rotatable bonds is 3. The van der Waals surface area contributed by atoms with Gasteiger partial charge in [-0.2, -0.15) is 0 Å². The van der Waals surface area contributed by atoms with Crippen LogP contribution in [0.25, 0.3) is 5.57 Å².